The van der Waals surface area contributed by atoms with Crippen LogP contribution in [-0.4, -0.2) is 11.4 Å². The Morgan fingerprint density at radius 3 is 2.53 bits per heavy atom. The molecule has 0 heterocycles. The van der Waals surface area contributed by atoms with Crippen molar-refractivity contribution in [2.75, 3.05) is 0 Å². The summed E-state index contributed by atoms with van der Waals surface area (Å²) in [5.74, 6) is -0.880. The first-order valence-corrected chi connectivity index (χ1v) is 6.49. The van der Waals surface area contributed by atoms with Crippen LogP contribution in [0.4, 0.5) is 4.39 Å². The molecule has 1 rings (SSSR count). The van der Waals surface area contributed by atoms with E-state index in [-0.39, 0.29) is 17.0 Å². The molecule has 0 saturated heterocycles. The lowest BCUT2D eigenvalue weighted by Gasteiger charge is -2.28. The summed E-state index contributed by atoms with van der Waals surface area (Å²) in [6.45, 7) is 5.96. The molecule has 0 aliphatic rings. The van der Waals surface area contributed by atoms with Gasteiger partial charge in [0, 0.05) is 5.54 Å². The van der Waals surface area contributed by atoms with E-state index in [9.17, 15) is 9.18 Å². The Balaban J connectivity index is 2.94. The molecule has 94 valence electrons. The van der Waals surface area contributed by atoms with Gasteiger partial charge in [0.1, 0.15) is 5.82 Å². The third kappa shape index (κ3) is 3.28. The van der Waals surface area contributed by atoms with E-state index in [1.807, 2.05) is 20.8 Å². The molecular formula is C13H17BrFNO. The minimum Gasteiger partial charge on any atom is -0.347 e. The van der Waals surface area contributed by atoms with Crippen molar-refractivity contribution in [3.05, 3.63) is 34.1 Å². The number of benzene rings is 1. The minimum absolute atomic E-state index is 0.0764. The van der Waals surface area contributed by atoms with Crippen molar-refractivity contribution in [3.63, 3.8) is 0 Å². The zero-order valence-electron chi connectivity index (χ0n) is 10.3. The van der Waals surface area contributed by atoms with Crippen molar-refractivity contribution in [1.82, 2.24) is 5.32 Å². The third-order valence-electron chi connectivity index (χ3n) is 3.17. The van der Waals surface area contributed by atoms with Crippen LogP contribution in [0.5, 0.6) is 0 Å². The largest absolute Gasteiger partial charge is 0.347 e. The van der Waals surface area contributed by atoms with Gasteiger partial charge in [-0.3, -0.25) is 4.79 Å². The highest BCUT2D eigenvalue weighted by atomic mass is 79.9. The quantitative estimate of drug-likeness (QED) is 0.898. The summed E-state index contributed by atoms with van der Waals surface area (Å²) in [7, 11) is 0. The summed E-state index contributed by atoms with van der Waals surface area (Å²) in [6, 6.07) is 4.71. The van der Waals surface area contributed by atoms with Crippen LogP contribution in [-0.2, 0) is 0 Å². The van der Waals surface area contributed by atoms with Crippen LogP contribution in [0.1, 0.15) is 44.0 Å². The van der Waals surface area contributed by atoms with E-state index < -0.39 is 5.82 Å². The molecule has 0 unspecified atom stereocenters. The molecule has 2 nitrogen and oxygen atoms in total. The molecule has 0 spiro atoms. The summed E-state index contributed by atoms with van der Waals surface area (Å²) in [5.41, 5.74) is -0.209. The van der Waals surface area contributed by atoms with Crippen LogP contribution < -0.4 is 5.32 Å². The molecule has 17 heavy (non-hydrogen) atoms. The van der Waals surface area contributed by atoms with Crippen molar-refractivity contribution in [2.45, 2.75) is 39.2 Å². The Hall–Kier alpha value is -0.900. The number of amides is 1. The van der Waals surface area contributed by atoms with Crippen molar-refractivity contribution in [1.29, 1.82) is 0 Å². The molecule has 1 aromatic carbocycles. The van der Waals surface area contributed by atoms with E-state index in [1.54, 1.807) is 12.1 Å². The topological polar surface area (TPSA) is 29.1 Å². The van der Waals surface area contributed by atoms with E-state index in [1.165, 1.54) is 6.07 Å². The summed E-state index contributed by atoms with van der Waals surface area (Å²) in [4.78, 5) is 12.0. The Labute approximate surface area is 110 Å². The van der Waals surface area contributed by atoms with Gasteiger partial charge in [0.15, 0.2) is 0 Å². The van der Waals surface area contributed by atoms with Gasteiger partial charge in [0.2, 0.25) is 0 Å². The fourth-order valence-electron chi connectivity index (χ4n) is 1.45. The first kappa shape index (κ1) is 14.2. The summed E-state index contributed by atoms with van der Waals surface area (Å²) >= 11 is 3.07. The summed E-state index contributed by atoms with van der Waals surface area (Å²) < 4.78 is 14.0. The molecule has 0 aliphatic heterocycles. The van der Waals surface area contributed by atoms with Gasteiger partial charge in [-0.25, -0.2) is 4.39 Å². The third-order valence-corrected chi connectivity index (χ3v) is 3.78. The zero-order chi connectivity index (χ0) is 13.1. The van der Waals surface area contributed by atoms with E-state index in [4.69, 9.17) is 0 Å². The van der Waals surface area contributed by atoms with Gasteiger partial charge in [-0.05, 0) is 47.8 Å². The van der Waals surface area contributed by atoms with E-state index >= 15 is 0 Å². The predicted molar refractivity (Wildman–Crippen MR) is 70.6 cm³/mol. The maximum atomic E-state index is 13.7. The van der Waals surface area contributed by atoms with Gasteiger partial charge >= 0.3 is 0 Å². The van der Waals surface area contributed by atoms with Crippen molar-refractivity contribution in [3.8, 4) is 0 Å². The molecule has 0 aromatic heterocycles. The highest BCUT2D eigenvalue weighted by Crippen LogP contribution is 2.20. The van der Waals surface area contributed by atoms with Crippen LogP contribution in [0.2, 0.25) is 0 Å². The van der Waals surface area contributed by atoms with Crippen LogP contribution in [0.3, 0.4) is 0 Å². The number of nitrogens with one attached hydrogen (secondary N) is 1. The molecule has 0 bridgehead atoms. The second-order valence-corrected chi connectivity index (χ2v) is 5.18. The van der Waals surface area contributed by atoms with Crippen molar-refractivity contribution >= 4 is 21.8 Å². The Morgan fingerprint density at radius 1 is 1.41 bits per heavy atom. The molecule has 1 N–H and O–H groups in total. The average Bonchev–Trinajstić information content (AvgIpc) is 2.32. The molecule has 0 saturated carbocycles. The Kier molecular flexibility index (Phi) is 4.69. The molecule has 0 atom stereocenters. The fourth-order valence-corrected chi connectivity index (χ4v) is 1.81. The normalized spacial score (nSPS) is 11.4. The van der Waals surface area contributed by atoms with Crippen LogP contribution in [0.25, 0.3) is 0 Å². The number of halogens is 2. The maximum absolute atomic E-state index is 13.7. The van der Waals surface area contributed by atoms with Gasteiger partial charge in [-0.2, -0.15) is 0 Å². The van der Waals surface area contributed by atoms with Gasteiger partial charge in [-0.15, -0.1) is 0 Å². The second kappa shape index (κ2) is 5.63. The second-order valence-electron chi connectivity index (χ2n) is 4.32. The average molecular weight is 302 g/mol. The van der Waals surface area contributed by atoms with Crippen LogP contribution in [0.15, 0.2) is 22.7 Å². The van der Waals surface area contributed by atoms with Crippen molar-refractivity contribution < 1.29 is 9.18 Å². The van der Waals surface area contributed by atoms with Gasteiger partial charge in [0.05, 0.1) is 10.0 Å². The molecule has 4 heteroatoms. The summed E-state index contributed by atoms with van der Waals surface area (Å²) in [5, 5.41) is 2.88. The number of hydrogen-bond acceptors (Lipinski definition) is 1. The molecule has 0 aliphatic carbocycles. The van der Waals surface area contributed by atoms with Crippen LogP contribution in [0, 0.1) is 5.82 Å². The minimum atomic E-state index is -0.514. The lowest BCUT2D eigenvalue weighted by molar-refractivity contribution is 0.0896. The zero-order valence-corrected chi connectivity index (χ0v) is 11.9. The SMILES string of the molecule is CCC(C)(CC)NC(=O)c1cccc(Br)c1F. The number of carbonyl (C=O) groups excluding carboxylic acids is 1. The van der Waals surface area contributed by atoms with E-state index in [0.717, 1.165) is 12.8 Å². The maximum Gasteiger partial charge on any atom is 0.254 e. The van der Waals surface area contributed by atoms with E-state index in [0.29, 0.717) is 4.47 Å². The van der Waals surface area contributed by atoms with Gasteiger partial charge < -0.3 is 5.32 Å². The number of carbonyl (C=O) groups is 1. The summed E-state index contributed by atoms with van der Waals surface area (Å²) in [6.07, 6.45) is 1.62. The molecule has 0 radical (unpaired) electrons. The van der Waals surface area contributed by atoms with Crippen LogP contribution >= 0.6 is 15.9 Å². The predicted octanol–water partition coefficient (Wildman–Crippen LogP) is 3.90. The number of hydrogen-bond donors (Lipinski definition) is 1. The number of rotatable bonds is 4. The molecular weight excluding hydrogens is 285 g/mol. The monoisotopic (exact) mass is 301 g/mol. The Bertz CT molecular complexity index is 416. The molecule has 0 fully saturated rings. The highest BCUT2D eigenvalue weighted by Gasteiger charge is 2.24. The highest BCUT2D eigenvalue weighted by molar-refractivity contribution is 9.10. The smallest absolute Gasteiger partial charge is 0.254 e. The first-order chi connectivity index (χ1) is 7.93. The first-order valence-electron chi connectivity index (χ1n) is 5.70. The fraction of sp³-hybridized carbons (Fsp3) is 0.462. The van der Waals surface area contributed by atoms with Gasteiger partial charge in [0.25, 0.3) is 5.91 Å². The molecule has 1 aromatic rings. The Morgan fingerprint density at radius 2 is 2.00 bits per heavy atom. The standard InChI is InChI=1S/C13H17BrFNO/c1-4-13(3,5-2)16-12(17)9-7-6-8-10(14)11(9)15/h6-8H,4-5H2,1-3H3,(H,16,17). The van der Waals surface area contributed by atoms with E-state index in [2.05, 4.69) is 21.2 Å². The lowest BCUT2D eigenvalue weighted by Crippen LogP contribution is -2.45. The van der Waals surface area contributed by atoms with Gasteiger partial charge in [-0.1, -0.05) is 19.9 Å². The molecule has 1 amide bonds. The lowest BCUT2D eigenvalue weighted by atomic mass is 9.95. The van der Waals surface area contributed by atoms with Crippen molar-refractivity contribution in [2.24, 2.45) is 0 Å².